The van der Waals surface area contributed by atoms with Gasteiger partial charge in [-0.3, -0.25) is 9.58 Å². The van der Waals surface area contributed by atoms with Crippen molar-refractivity contribution in [2.24, 2.45) is 0 Å². The molecule has 1 amide bonds. The molecule has 1 saturated heterocycles. The second-order valence-corrected chi connectivity index (χ2v) is 9.93. The Morgan fingerprint density at radius 3 is 2.75 bits per heavy atom. The molecule has 3 heterocycles. The van der Waals surface area contributed by atoms with Crippen LogP contribution in [0.2, 0.25) is 0 Å². The van der Waals surface area contributed by atoms with E-state index in [-0.39, 0.29) is 18.7 Å². The van der Waals surface area contributed by atoms with Crippen molar-refractivity contribution < 1.29 is 19.4 Å². The molecule has 11 heteroatoms. The van der Waals surface area contributed by atoms with Crippen molar-refractivity contribution in [3.8, 4) is 28.1 Å². The first-order valence-corrected chi connectivity index (χ1v) is 13.0. The van der Waals surface area contributed by atoms with Crippen molar-refractivity contribution in [2.45, 2.75) is 25.4 Å². The first-order valence-electron chi connectivity index (χ1n) is 13.0. The van der Waals surface area contributed by atoms with Crippen LogP contribution in [-0.2, 0) is 10.3 Å². The van der Waals surface area contributed by atoms with Crippen molar-refractivity contribution >= 4 is 11.9 Å². The number of nitrogen functional groups attached to an aromatic ring is 1. The number of para-hydroxylation sites is 1. The van der Waals surface area contributed by atoms with Gasteiger partial charge in [0.05, 0.1) is 23.5 Å². The van der Waals surface area contributed by atoms with Crippen LogP contribution in [-0.4, -0.2) is 69.6 Å². The van der Waals surface area contributed by atoms with E-state index in [0.29, 0.717) is 36.6 Å². The molecule has 208 valence electrons. The van der Waals surface area contributed by atoms with Crippen LogP contribution in [0.3, 0.4) is 0 Å². The molecule has 1 fully saturated rings. The fourth-order valence-corrected chi connectivity index (χ4v) is 5.29. The number of methoxy groups -OCH3 is 1. The second-order valence-electron chi connectivity index (χ2n) is 9.93. The zero-order chi connectivity index (χ0) is 28.3. The highest BCUT2D eigenvalue weighted by Crippen LogP contribution is 2.37. The Bertz CT molecular complexity index is 1510. The summed E-state index contributed by atoms with van der Waals surface area (Å²) in [6.07, 6.45) is 2.73. The van der Waals surface area contributed by atoms with E-state index in [1.165, 1.54) is 4.90 Å². The van der Waals surface area contributed by atoms with Gasteiger partial charge in [-0.05, 0) is 43.2 Å². The Kier molecular flexibility index (Phi) is 7.67. The Morgan fingerprint density at radius 1 is 1.18 bits per heavy atom. The second kappa shape index (κ2) is 11.3. The molecule has 40 heavy (non-hydrogen) atoms. The number of hydrogen-bond donors (Lipinski definition) is 3. The summed E-state index contributed by atoms with van der Waals surface area (Å²) >= 11 is 0. The van der Waals surface area contributed by atoms with Gasteiger partial charge in [-0.15, -0.1) is 10.2 Å². The zero-order valence-electron chi connectivity index (χ0n) is 22.7. The third-order valence-corrected chi connectivity index (χ3v) is 7.43. The van der Waals surface area contributed by atoms with Crippen molar-refractivity contribution in [1.29, 1.82) is 0 Å². The van der Waals surface area contributed by atoms with E-state index in [0.717, 1.165) is 22.3 Å². The van der Waals surface area contributed by atoms with Crippen LogP contribution in [0.25, 0.3) is 22.4 Å². The molecule has 0 bridgehead atoms. The van der Waals surface area contributed by atoms with Crippen molar-refractivity contribution in [1.82, 2.24) is 30.2 Å². The number of amides is 1. The van der Waals surface area contributed by atoms with Gasteiger partial charge in [0.1, 0.15) is 5.75 Å². The number of carbonyl (C=O) groups is 1. The summed E-state index contributed by atoms with van der Waals surface area (Å²) in [5, 5.41) is 26.5. The average Bonchev–Trinajstić information content (AvgIpc) is 3.46. The Morgan fingerprint density at radius 2 is 1.95 bits per heavy atom. The zero-order valence-corrected chi connectivity index (χ0v) is 22.7. The highest BCUT2D eigenvalue weighted by atomic mass is 16.7. The predicted octanol–water partition coefficient (Wildman–Crippen LogP) is 3.98. The van der Waals surface area contributed by atoms with Crippen LogP contribution < -0.4 is 15.8 Å². The van der Waals surface area contributed by atoms with E-state index < -0.39 is 11.6 Å². The third-order valence-electron chi connectivity index (χ3n) is 7.43. The smallest absolute Gasteiger partial charge is 0.408 e. The molecule has 4 aromatic rings. The molecular formula is C29H33N7O4. The molecular weight excluding hydrogens is 510 g/mol. The number of nitrogens with zero attached hydrogens (tertiary/aromatic N) is 5. The highest BCUT2D eigenvalue weighted by molar-refractivity contribution is 5.78. The van der Waals surface area contributed by atoms with Crippen molar-refractivity contribution in [3.05, 3.63) is 78.1 Å². The lowest BCUT2D eigenvalue weighted by atomic mass is 9.83. The molecule has 2 atom stereocenters. The SMILES string of the molecule is COCOc1ccccc1-c1cc(-c2cnn(C(C)c3ccccc3C3(C)CNCCN3C(=O)O)c2)c(N)nn1. The van der Waals surface area contributed by atoms with Gasteiger partial charge < -0.3 is 25.6 Å². The summed E-state index contributed by atoms with van der Waals surface area (Å²) in [7, 11) is 1.56. The lowest BCUT2D eigenvalue weighted by Crippen LogP contribution is -2.59. The van der Waals surface area contributed by atoms with E-state index in [4.69, 9.17) is 15.2 Å². The van der Waals surface area contributed by atoms with Crippen LogP contribution >= 0.6 is 0 Å². The van der Waals surface area contributed by atoms with E-state index in [1.807, 2.05) is 79.3 Å². The summed E-state index contributed by atoms with van der Waals surface area (Å²) in [5.41, 5.74) is 10.3. The lowest BCUT2D eigenvalue weighted by Gasteiger charge is -2.45. The fraction of sp³-hybridized carbons (Fsp3) is 0.310. The van der Waals surface area contributed by atoms with E-state index in [9.17, 15) is 9.90 Å². The molecule has 0 radical (unpaired) electrons. The lowest BCUT2D eigenvalue weighted by molar-refractivity contribution is 0.0515. The molecule has 5 rings (SSSR count). The van der Waals surface area contributed by atoms with Gasteiger partial charge in [0.2, 0.25) is 0 Å². The number of nitrogens with two attached hydrogens (primary N) is 1. The third kappa shape index (κ3) is 5.08. The number of nitrogens with one attached hydrogen (secondary N) is 1. The van der Waals surface area contributed by atoms with E-state index >= 15 is 0 Å². The van der Waals surface area contributed by atoms with Crippen LogP contribution in [0.5, 0.6) is 5.75 Å². The summed E-state index contributed by atoms with van der Waals surface area (Å²) < 4.78 is 12.6. The standard InChI is InChI=1S/C29H33N7O4/c1-19(21-8-4-6-10-24(21)29(2)17-31-12-13-35(29)28(37)38)36-16-20(15-32-36)23-14-25(33-34-27(23)30)22-9-5-7-11-26(22)40-18-39-3/h4-11,14-16,19,31H,12-13,17-18H2,1-3H3,(H2,30,34)(H,37,38). The van der Waals surface area contributed by atoms with Crippen LogP contribution in [0, 0.1) is 0 Å². The largest absolute Gasteiger partial charge is 0.467 e. The Hall–Kier alpha value is -4.48. The van der Waals surface area contributed by atoms with Gasteiger partial charge in [-0.2, -0.15) is 5.10 Å². The molecule has 1 aliphatic heterocycles. The first-order chi connectivity index (χ1) is 19.3. The average molecular weight is 544 g/mol. The fourth-order valence-electron chi connectivity index (χ4n) is 5.29. The van der Waals surface area contributed by atoms with Crippen LogP contribution in [0.1, 0.15) is 31.0 Å². The molecule has 1 aliphatic rings. The van der Waals surface area contributed by atoms with Crippen LogP contribution in [0.15, 0.2) is 67.0 Å². The minimum Gasteiger partial charge on any atom is -0.467 e. The maximum absolute atomic E-state index is 12.1. The molecule has 0 saturated carbocycles. The number of piperazine rings is 1. The first kappa shape index (κ1) is 27.1. The number of rotatable bonds is 8. The maximum atomic E-state index is 12.1. The topological polar surface area (TPSA) is 141 Å². The van der Waals surface area contributed by atoms with Gasteiger partial charge in [0, 0.05) is 49.6 Å². The van der Waals surface area contributed by atoms with Crippen LogP contribution in [0.4, 0.5) is 10.6 Å². The quantitative estimate of drug-likeness (QED) is 0.281. The summed E-state index contributed by atoms with van der Waals surface area (Å²) in [4.78, 5) is 13.6. The van der Waals surface area contributed by atoms with Gasteiger partial charge >= 0.3 is 6.09 Å². The maximum Gasteiger partial charge on any atom is 0.408 e. The highest BCUT2D eigenvalue weighted by Gasteiger charge is 2.41. The van der Waals surface area contributed by atoms with Gasteiger partial charge in [-0.1, -0.05) is 36.4 Å². The normalized spacial score (nSPS) is 17.9. The van der Waals surface area contributed by atoms with Gasteiger partial charge in [0.25, 0.3) is 0 Å². The Balaban J connectivity index is 1.49. The summed E-state index contributed by atoms with van der Waals surface area (Å²) in [6, 6.07) is 17.1. The van der Waals surface area contributed by atoms with E-state index in [2.05, 4.69) is 20.6 Å². The monoisotopic (exact) mass is 543 g/mol. The summed E-state index contributed by atoms with van der Waals surface area (Å²) in [6.45, 7) is 5.67. The number of carboxylic acid groups (broad SMARTS) is 1. The molecule has 0 spiro atoms. The Labute approximate surface area is 232 Å². The number of aromatic nitrogens is 4. The molecule has 11 nitrogen and oxygen atoms in total. The van der Waals surface area contributed by atoms with Crippen molar-refractivity contribution in [2.75, 3.05) is 39.3 Å². The molecule has 0 aliphatic carbocycles. The van der Waals surface area contributed by atoms with Gasteiger partial charge in [-0.25, -0.2) is 4.79 Å². The van der Waals surface area contributed by atoms with Gasteiger partial charge in [0.15, 0.2) is 12.6 Å². The summed E-state index contributed by atoms with van der Waals surface area (Å²) in [5.74, 6) is 0.904. The number of ether oxygens (including phenoxy) is 2. The molecule has 4 N–H and O–H groups in total. The predicted molar refractivity (Wildman–Crippen MR) is 151 cm³/mol. The number of benzene rings is 2. The molecule has 2 unspecified atom stereocenters. The molecule has 2 aromatic carbocycles. The minimum atomic E-state index is -0.932. The minimum absolute atomic E-state index is 0.109. The molecule has 2 aromatic heterocycles. The van der Waals surface area contributed by atoms with E-state index in [1.54, 1.807) is 13.3 Å². The van der Waals surface area contributed by atoms with Crippen molar-refractivity contribution in [3.63, 3.8) is 0 Å². The number of anilines is 1. The number of hydrogen-bond acceptors (Lipinski definition) is 8.